The van der Waals surface area contributed by atoms with Crippen molar-refractivity contribution in [2.45, 2.75) is 26.8 Å². The fraction of sp³-hybridized carbons (Fsp3) is 0.400. The van der Waals surface area contributed by atoms with Gasteiger partial charge in [-0.1, -0.05) is 44.2 Å². The normalized spacial score (nSPS) is 16.9. The molecule has 1 fully saturated rings. The highest BCUT2D eigenvalue weighted by Gasteiger charge is 2.36. The van der Waals surface area contributed by atoms with Crippen LogP contribution in [-0.2, 0) is 6.54 Å². The van der Waals surface area contributed by atoms with Crippen LogP contribution >= 0.6 is 0 Å². The Morgan fingerprint density at radius 2 is 1.58 bits per heavy atom. The second kappa shape index (κ2) is 9.02. The SMILES string of the molecule is CC(C)CCN1CCN(C(=O)c2ccc3c(c2)C(=O)N(Cc2ccccc2)C3=O)CC1. The largest absolute Gasteiger partial charge is 0.336 e. The van der Waals surface area contributed by atoms with E-state index in [9.17, 15) is 14.4 Å². The van der Waals surface area contributed by atoms with Crippen LogP contribution in [0, 0.1) is 5.92 Å². The van der Waals surface area contributed by atoms with Crippen molar-refractivity contribution >= 4 is 17.7 Å². The van der Waals surface area contributed by atoms with Crippen molar-refractivity contribution in [1.29, 1.82) is 0 Å². The minimum absolute atomic E-state index is 0.0759. The predicted molar refractivity (Wildman–Crippen MR) is 119 cm³/mol. The number of nitrogens with zero attached hydrogens (tertiary/aromatic N) is 3. The van der Waals surface area contributed by atoms with E-state index in [2.05, 4.69) is 18.7 Å². The van der Waals surface area contributed by atoms with Gasteiger partial charge in [-0.3, -0.25) is 24.2 Å². The minimum atomic E-state index is -0.336. The molecule has 4 rings (SSSR count). The maximum atomic E-state index is 13.0. The third kappa shape index (κ3) is 4.54. The number of amides is 3. The molecule has 3 amide bonds. The lowest BCUT2D eigenvalue weighted by Gasteiger charge is -2.35. The molecule has 0 radical (unpaired) electrons. The Hall–Kier alpha value is -2.99. The smallest absolute Gasteiger partial charge is 0.261 e. The van der Waals surface area contributed by atoms with Gasteiger partial charge in [0, 0.05) is 31.7 Å². The Labute approximate surface area is 183 Å². The van der Waals surface area contributed by atoms with Gasteiger partial charge in [-0.05, 0) is 42.6 Å². The van der Waals surface area contributed by atoms with Crippen molar-refractivity contribution in [2.75, 3.05) is 32.7 Å². The molecule has 31 heavy (non-hydrogen) atoms. The van der Waals surface area contributed by atoms with E-state index >= 15 is 0 Å². The summed E-state index contributed by atoms with van der Waals surface area (Å²) in [6.07, 6.45) is 1.16. The quantitative estimate of drug-likeness (QED) is 0.674. The van der Waals surface area contributed by atoms with Crippen LogP contribution in [0.25, 0.3) is 0 Å². The van der Waals surface area contributed by atoms with Gasteiger partial charge >= 0.3 is 0 Å². The first kappa shape index (κ1) is 21.2. The fourth-order valence-electron chi connectivity index (χ4n) is 4.13. The molecule has 1 saturated heterocycles. The number of carbonyl (C=O) groups excluding carboxylic acids is 3. The van der Waals surface area contributed by atoms with E-state index in [-0.39, 0.29) is 24.3 Å². The highest BCUT2D eigenvalue weighted by molar-refractivity contribution is 6.22. The first-order valence-corrected chi connectivity index (χ1v) is 11.0. The molecule has 0 aromatic heterocycles. The van der Waals surface area contributed by atoms with Crippen LogP contribution in [0.1, 0.15) is 56.9 Å². The van der Waals surface area contributed by atoms with Gasteiger partial charge in [0.15, 0.2) is 0 Å². The van der Waals surface area contributed by atoms with Crippen LogP contribution in [-0.4, -0.2) is 65.1 Å². The molecule has 0 spiro atoms. The summed E-state index contributed by atoms with van der Waals surface area (Å²) in [6, 6.07) is 14.3. The molecule has 2 aromatic carbocycles. The standard InChI is InChI=1S/C25H29N3O3/c1-18(2)10-11-26-12-14-27(15-13-26)23(29)20-8-9-21-22(16-20)25(31)28(24(21)30)17-19-6-4-3-5-7-19/h3-9,16,18H,10-15,17H2,1-2H3. The summed E-state index contributed by atoms with van der Waals surface area (Å²) in [6.45, 7) is 8.84. The van der Waals surface area contributed by atoms with E-state index in [4.69, 9.17) is 0 Å². The molecule has 0 N–H and O–H groups in total. The van der Waals surface area contributed by atoms with Gasteiger partial charge in [0.1, 0.15) is 0 Å². The summed E-state index contributed by atoms with van der Waals surface area (Å²) in [5, 5.41) is 0. The molecular formula is C25H29N3O3. The van der Waals surface area contributed by atoms with Gasteiger partial charge in [-0.2, -0.15) is 0 Å². The van der Waals surface area contributed by atoms with Crippen molar-refractivity contribution in [1.82, 2.24) is 14.7 Å². The molecule has 6 heteroatoms. The van der Waals surface area contributed by atoms with Crippen molar-refractivity contribution in [2.24, 2.45) is 5.92 Å². The Morgan fingerprint density at radius 1 is 0.903 bits per heavy atom. The molecule has 2 aromatic rings. The van der Waals surface area contributed by atoms with E-state index in [0.29, 0.717) is 35.7 Å². The molecule has 2 aliphatic rings. The van der Waals surface area contributed by atoms with Crippen LogP contribution in [0.4, 0.5) is 0 Å². The summed E-state index contributed by atoms with van der Waals surface area (Å²) < 4.78 is 0. The average Bonchev–Trinajstić information content (AvgIpc) is 3.02. The zero-order valence-corrected chi connectivity index (χ0v) is 18.2. The van der Waals surface area contributed by atoms with Crippen molar-refractivity contribution in [3.8, 4) is 0 Å². The van der Waals surface area contributed by atoms with Crippen molar-refractivity contribution < 1.29 is 14.4 Å². The Bertz CT molecular complexity index is 979. The molecule has 2 aliphatic heterocycles. The van der Waals surface area contributed by atoms with Crippen molar-refractivity contribution in [3.63, 3.8) is 0 Å². The van der Waals surface area contributed by atoms with Gasteiger partial charge < -0.3 is 4.90 Å². The molecule has 0 saturated carbocycles. The molecule has 2 heterocycles. The summed E-state index contributed by atoms with van der Waals surface area (Å²) in [5.74, 6) is -0.0422. The predicted octanol–water partition coefficient (Wildman–Crippen LogP) is 3.29. The lowest BCUT2D eigenvalue weighted by Crippen LogP contribution is -2.49. The lowest BCUT2D eigenvalue weighted by atomic mass is 10.0. The Balaban J connectivity index is 1.43. The van der Waals surface area contributed by atoms with Gasteiger partial charge in [-0.15, -0.1) is 0 Å². The highest BCUT2D eigenvalue weighted by atomic mass is 16.2. The zero-order valence-electron chi connectivity index (χ0n) is 18.2. The minimum Gasteiger partial charge on any atom is -0.336 e. The maximum Gasteiger partial charge on any atom is 0.261 e. The maximum absolute atomic E-state index is 13.0. The van der Waals surface area contributed by atoms with Crippen LogP contribution in [0.3, 0.4) is 0 Å². The fourth-order valence-corrected chi connectivity index (χ4v) is 4.13. The van der Waals surface area contributed by atoms with Crippen LogP contribution in [0.5, 0.6) is 0 Å². The molecule has 0 aliphatic carbocycles. The summed E-state index contributed by atoms with van der Waals surface area (Å²) in [7, 11) is 0. The highest BCUT2D eigenvalue weighted by Crippen LogP contribution is 2.26. The molecule has 0 atom stereocenters. The van der Waals surface area contributed by atoms with Gasteiger partial charge in [-0.25, -0.2) is 0 Å². The second-order valence-electron chi connectivity index (χ2n) is 8.76. The number of rotatable bonds is 6. The number of fused-ring (bicyclic) bond motifs is 1. The topological polar surface area (TPSA) is 60.9 Å². The number of hydrogen-bond acceptors (Lipinski definition) is 4. The first-order chi connectivity index (χ1) is 14.9. The monoisotopic (exact) mass is 419 g/mol. The zero-order chi connectivity index (χ0) is 22.0. The summed E-state index contributed by atoms with van der Waals surface area (Å²) >= 11 is 0. The van der Waals surface area contributed by atoms with E-state index in [1.54, 1.807) is 18.2 Å². The van der Waals surface area contributed by atoms with Gasteiger partial charge in [0.25, 0.3) is 17.7 Å². The second-order valence-corrected chi connectivity index (χ2v) is 8.76. The molecule has 162 valence electrons. The molecule has 6 nitrogen and oxygen atoms in total. The summed E-state index contributed by atoms with van der Waals surface area (Å²) in [4.78, 5) is 44.2. The van der Waals surface area contributed by atoms with Crippen LogP contribution in [0.2, 0.25) is 0 Å². The van der Waals surface area contributed by atoms with Crippen molar-refractivity contribution in [3.05, 3.63) is 70.8 Å². The van der Waals surface area contributed by atoms with E-state index in [1.807, 2.05) is 35.2 Å². The van der Waals surface area contributed by atoms with Gasteiger partial charge in [0.05, 0.1) is 17.7 Å². The number of piperazine rings is 1. The third-order valence-corrected chi connectivity index (χ3v) is 6.08. The Kier molecular flexibility index (Phi) is 6.18. The lowest BCUT2D eigenvalue weighted by molar-refractivity contribution is 0.0629. The van der Waals surface area contributed by atoms with Gasteiger partial charge in [0.2, 0.25) is 0 Å². The van der Waals surface area contributed by atoms with E-state index in [1.165, 1.54) is 4.90 Å². The summed E-state index contributed by atoms with van der Waals surface area (Å²) in [5.41, 5.74) is 2.05. The van der Waals surface area contributed by atoms with Crippen LogP contribution < -0.4 is 0 Å². The van der Waals surface area contributed by atoms with Crippen LogP contribution in [0.15, 0.2) is 48.5 Å². The first-order valence-electron chi connectivity index (χ1n) is 11.0. The number of carbonyl (C=O) groups is 3. The molecule has 0 bridgehead atoms. The van der Waals surface area contributed by atoms with E-state index < -0.39 is 0 Å². The molecule has 0 unspecified atom stereocenters. The Morgan fingerprint density at radius 3 is 2.26 bits per heavy atom. The number of imide groups is 1. The average molecular weight is 420 g/mol. The third-order valence-electron chi connectivity index (χ3n) is 6.08. The number of hydrogen-bond donors (Lipinski definition) is 0. The van der Waals surface area contributed by atoms with E-state index in [0.717, 1.165) is 31.6 Å². The molecular weight excluding hydrogens is 390 g/mol. The number of benzene rings is 2.